The van der Waals surface area contributed by atoms with Crippen LogP contribution < -0.4 is 10.6 Å². The lowest BCUT2D eigenvalue weighted by atomic mass is 10.2. The number of amides is 1. The lowest BCUT2D eigenvalue weighted by Crippen LogP contribution is -2.46. The lowest BCUT2D eigenvalue weighted by molar-refractivity contribution is -0.120. The summed E-state index contributed by atoms with van der Waals surface area (Å²) < 4.78 is 20.0. The van der Waals surface area contributed by atoms with Crippen LogP contribution in [0.5, 0.6) is 0 Å². The molecule has 0 aliphatic rings. The quantitative estimate of drug-likeness (QED) is 0.598. The van der Waals surface area contributed by atoms with Crippen LogP contribution in [0.2, 0.25) is 23.2 Å². The Kier molecular flexibility index (Phi) is 8.73. The Bertz CT molecular complexity index is 606. The van der Waals surface area contributed by atoms with Gasteiger partial charge in [-0.25, -0.2) is 4.39 Å². The first-order chi connectivity index (χ1) is 12.0. The Labute approximate surface area is 163 Å². The fraction of sp³-hybridized carbons (Fsp3) is 0.632. The third-order valence-corrected chi connectivity index (χ3v) is 9.80. The third-order valence-electron chi connectivity index (χ3n) is 5.00. The van der Waals surface area contributed by atoms with Crippen molar-refractivity contribution in [3.05, 3.63) is 34.6 Å². The number of carbonyl (C=O) groups is 1. The van der Waals surface area contributed by atoms with Gasteiger partial charge in [0.2, 0.25) is 5.91 Å². The molecular formula is C19H32ClFN2O2Si. The molecule has 7 heteroatoms. The van der Waals surface area contributed by atoms with E-state index in [9.17, 15) is 9.18 Å². The molecule has 0 spiro atoms. The summed E-state index contributed by atoms with van der Waals surface area (Å²) >= 11 is 5.74. The van der Waals surface area contributed by atoms with E-state index in [0.717, 1.165) is 6.42 Å². The van der Waals surface area contributed by atoms with Crippen LogP contribution in [0.1, 0.15) is 39.7 Å². The first-order valence-electron chi connectivity index (χ1n) is 9.05. The average molecular weight is 403 g/mol. The van der Waals surface area contributed by atoms with Crippen molar-refractivity contribution < 1.29 is 13.6 Å². The maximum Gasteiger partial charge on any atom is 0.234 e. The molecule has 0 radical (unpaired) electrons. The molecule has 4 nitrogen and oxygen atoms in total. The number of halogens is 2. The van der Waals surface area contributed by atoms with E-state index in [1.807, 2.05) is 0 Å². The lowest BCUT2D eigenvalue weighted by Gasteiger charge is -2.37. The summed E-state index contributed by atoms with van der Waals surface area (Å²) in [6.45, 7) is 14.0. The topological polar surface area (TPSA) is 50.4 Å². The zero-order chi connectivity index (χ0) is 20.0. The summed E-state index contributed by atoms with van der Waals surface area (Å²) in [4.78, 5) is 12.0. The van der Waals surface area contributed by atoms with Gasteiger partial charge in [0.05, 0.1) is 11.6 Å². The molecule has 1 unspecified atom stereocenters. The molecule has 2 N–H and O–H groups in total. The Morgan fingerprint density at radius 1 is 1.35 bits per heavy atom. The van der Waals surface area contributed by atoms with Gasteiger partial charge in [-0.2, -0.15) is 0 Å². The van der Waals surface area contributed by atoms with Crippen LogP contribution >= 0.6 is 11.6 Å². The second-order valence-electron chi connectivity index (χ2n) is 8.05. The average Bonchev–Trinajstić information content (AvgIpc) is 2.55. The van der Waals surface area contributed by atoms with Gasteiger partial charge < -0.3 is 15.1 Å². The summed E-state index contributed by atoms with van der Waals surface area (Å²) in [5.41, 5.74) is 0.374. The van der Waals surface area contributed by atoms with E-state index in [2.05, 4.69) is 51.4 Å². The van der Waals surface area contributed by atoms with E-state index in [1.54, 1.807) is 12.1 Å². The summed E-state index contributed by atoms with van der Waals surface area (Å²) in [6.07, 6.45) is 0.866. The largest absolute Gasteiger partial charge is 0.415 e. The van der Waals surface area contributed by atoms with Crippen LogP contribution in [0.4, 0.5) is 4.39 Å². The fourth-order valence-electron chi connectivity index (χ4n) is 2.02. The second-order valence-corrected chi connectivity index (χ2v) is 13.3. The monoisotopic (exact) mass is 402 g/mol. The van der Waals surface area contributed by atoms with Gasteiger partial charge in [-0.3, -0.25) is 4.79 Å². The summed E-state index contributed by atoms with van der Waals surface area (Å²) in [7, 11) is -1.81. The highest BCUT2D eigenvalue weighted by Gasteiger charge is 2.37. The molecule has 0 aliphatic carbocycles. The van der Waals surface area contributed by atoms with Gasteiger partial charge in [-0.05, 0) is 30.6 Å². The molecule has 1 amide bonds. The van der Waals surface area contributed by atoms with Gasteiger partial charge in [-0.1, -0.05) is 51.4 Å². The van der Waals surface area contributed by atoms with Crippen LogP contribution in [0.15, 0.2) is 18.2 Å². The molecule has 0 saturated carbocycles. The predicted octanol–water partition coefficient (Wildman–Crippen LogP) is 4.49. The Balaban J connectivity index is 2.43. The van der Waals surface area contributed by atoms with Crippen molar-refractivity contribution in [1.82, 2.24) is 10.6 Å². The van der Waals surface area contributed by atoms with Gasteiger partial charge in [0.15, 0.2) is 8.32 Å². The van der Waals surface area contributed by atoms with Crippen molar-refractivity contribution in [1.29, 1.82) is 0 Å². The normalized spacial score (nSPS) is 13.5. The molecule has 0 aliphatic heterocycles. The molecule has 1 rings (SSSR count). The van der Waals surface area contributed by atoms with Crippen molar-refractivity contribution in [2.45, 2.75) is 64.8 Å². The fourth-order valence-corrected chi connectivity index (χ4v) is 3.27. The van der Waals surface area contributed by atoms with E-state index < -0.39 is 14.1 Å². The highest BCUT2D eigenvalue weighted by molar-refractivity contribution is 6.74. The molecule has 0 fully saturated rings. The minimum Gasteiger partial charge on any atom is -0.415 e. The minimum absolute atomic E-state index is 0.0590. The molecule has 148 valence electrons. The Morgan fingerprint density at radius 2 is 2.00 bits per heavy atom. The summed E-state index contributed by atoms with van der Waals surface area (Å²) in [5.74, 6) is -0.674. The van der Waals surface area contributed by atoms with Crippen molar-refractivity contribution in [2.75, 3.05) is 13.2 Å². The van der Waals surface area contributed by atoms with Crippen LogP contribution in [-0.4, -0.2) is 33.4 Å². The van der Waals surface area contributed by atoms with Gasteiger partial charge >= 0.3 is 0 Å². The number of nitrogens with one attached hydrogen (secondary N) is 2. The van der Waals surface area contributed by atoms with Crippen LogP contribution in [0, 0.1) is 5.82 Å². The number of carbonyl (C=O) groups excluding carboxylic acids is 1. The van der Waals surface area contributed by atoms with Gasteiger partial charge in [0.1, 0.15) is 5.82 Å². The van der Waals surface area contributed by atoms with Gasteiger partial charge in [-0.15, -0.1) is 0 Å². The van der Waals surface area contributed by atoms with E-state index in [1.165, 1.54) is 6.07 Å². The van der Waals surface area contributed by atoms with Crippen molar-refractivity contribution in [2.24, 2.45) is 0 Å². The zero-order valence-electron chi connectivity index (χ0n) is 16.7. The van der Waals surface area contributed by atoms with Crippen LogP contribution in [-0.2, 0) is 15.8 Å². The van der Waals surface area contributed by atoms with E-state index in [-0.39, 0.29) is 35.1 Å². The van der Waals surface area contributed by atoms with Crippen molar-refractivity contribution >= 4 is 25.8 Å². The standard InChI is InChI=1S/C19H32ClFN2O2Si/c1-7-15(13-25-26(5,6)19(2,3)4)22-12-17(24)23-11-14-9-8-10-16(20)18(14)21/h8-10,15,22H,7,11-13H2,1-6H3,(H,23,24). The van der Waals surface area contributed by atoms with E-state index in [4.69, 9.17) is 16.0 Å². The Morgan fingerprint density at radius 3 is 2.58 bits per heavy atom. The highest BCUT2D eigenvalue weighted by Crippen LogP contribution is 2.36. The number of hydrogen-bond acceptors (Lipinski definition) is 3. The molecule has 1 aromatic rings. The maximum absolute atomic E-state index is 13.8. The first kappa shape index (κ1) is 23.1. The third kappa shape index (κ3) is 6.99. The van der Waals surface area contributed by atoms with Crippen LogP contribution in [0.3, 0.4) is 0 Å². The number of benzene rings is 1. The van der Waals surface area contributed by atoms with Gasteiger partial charge in [0, 0.05) is 24.8 Å². The summed E-state index contributed by atoms with van der Waals surface area (Å²) in [5, 5.41) is 6.15. The molecule has 0 saturated heterocycles. The molecule has 0 bridgehead atoms. The van der Waals surface area contributed by atoms with Crippen molar-refractivity contribution in [3.8, 4) is 0 Å². The number of hydrogen-bond donors (Lipinski definition) is 2. The molecule has 1 atom stereocenters. The predicted molar refractivity (Wildman–Crippen MR) is 108 cm³/mol. The molecule has 26 heavy (non-hydrogen) atoms. The van der Waals surface area contributed by atoms with Gasteiger partial charge in [0.25, 0.3) is 0 Å². The zero-order valence-corrected chi connectivity index (χ0v) is 18.5. The second kappa shape index (κ2) is 9.83. The number of rotatable bonds is 9. The van der Waals surface area contributed by atoms with E-state index >= 15 is 0 Å². The smallest absolute Gasteiger partial charge is 0.234 e. The molecule has 0 aromatic heterocycles. The molecule has 1 aromatic carbocycles. The van der Waals surface area contributed by atoms with Crippen LogP contribution in [0.25, 0.3) is 0 Å². The van der Waals surface area contributed by atoms with Crippen molar-refractivity contribution in [3.63, 3.8) is 0 Å². The SMILES string of the molecule is CCC(CO[Si](C)(C)C(C)(C)C)NCC(=O)NCc1cccc(Cl)c1F. The maximum atomic E-state index is 13.8. The molecular weight excluding hydrogens is 371 g/mol. The minimum atomic E-state index is -1.81. The highest BCUT2D eigenvalue weighted by atomic mass is 35.5. The first-order valence-corrected chi connectivity index (χ1v) is 12.3. The Hall–Kier alpha value is -0.953. The van der Waals surface area contributed by atoms with E-state index in [0.29, 0.717) is 12.2 Å². The summed E-state index contributed by atoms with van der Waals surface area (Å²) in [6, 6.07) is 4.86. The molecule has 0 heterocycles.